The first-order chi connectivity index (χ1) is 11.6. The maximum absolute atomic E-state index is 9.25. The van der Waals surface area contributed by atoms with Crippen LogP contribution >= 0.6 is 0 Å². The summed E-state index contributed by atoms with van der Waals surface area (Å²) >= 11 is 0. The number of hydrogen-bond acceptors (Lipinski definition) is 6. The van der Waals surface area contributed by atoms with Gasteiger partial charge in [0.15, 0.2) is 0 Å². The minimum absolute atomic E-state index is 0.470. The Hall–Kier alpha value is -0.790. The van der Waals surface area contributed by atoms with Crippen molar-refractivity contribution >= 4 is 6.21 Å². The Balaban J connectivity index is 1.35. The van der Waals surface area contributed by atoms with Crippen LogP contribution in [0.3, 0.4) is 0 Å². The Morgan fingerprint density at radius 2 is 2.21 bits per heavy atom. The van der Waals surface area contributed by atoms with Crippen molar-refractivity contribution < 1.29 is 10.2 Å². The molecule has 0 aromatic carbocycles. The van der Waals surface area contributed by atoms with Gasteiger partial charge in [0.1, 0.15) is 0 Å². The van der Waals surface area contributed by atoms with Gasteiger partial charge in [-0.3, -0.25) is 14.8 Å². The van der Waals surface area contributed by atoms with E-state index in [2.05, 4.69) is 28.2 Å². The molecule has 2 fully saturated rings. The van der Waals surface area contributed by atoms with E-state index in [9.17, 15) is 10.2 Å². The molecule has 1 spiro atoms. The Morgan fingerprint density at radius 1 is 1.42 bits per heavy atom. The number of aliphatic hydroxyl groups excluding tert-OH is 1. The average molecular weight is 336 g/mol. The van der Waals surface area contributed by atoms with E-state index in [0.717, 1.165) is 71.1 Å². The second-order valence-electron chi connectivity index (χ2n) is 7.53. The third-order valence-electron chi connectivity index (χ3n) is 6.06. The van der Waals surface area contributed by atoms with Crippen molar-refractivity contribution in [3.8, 4) is 0 Å². The van der Waals surface area contributed by atoms with Crippen molar-refractivity contribution in [2.45, 2.75) is 39.0 Å². The van der Waals surface area contributed by atoms with Crippen LogP contribution in [0.25, 0.3) is 0 Å². The van der Waals surface area contributed by atoms with Gasteiger partial charge in [0.2, 0.25) is 6.41 Å². The standard InChI is InChI=1S/C18H32N4O2/c1-2-21(13-15-3-7-19-8-4-15)14-20-12-16-11-18(16)5-9-22(10-6-18)17(23)24/h3,7,16-17,20,23-24H,2,4-6,8-14H2,1H3. The van der Waals surface area contributed by atoms with Gasteiger partial charge in [-0.1, -0.05) is 12.5 Å². The zero-order valence-corrected chi connectivity index (χ0v) is 14.8. The molecule has 1 unspecified atom stereocenters. The van der Waals surface area contributed by atoms with E-state index in [4.69, 9.17) is 0 Å². The number of allylic oxidation sites excluding steroid dienone is 1. The molecule has 3 N–H and O–H groups in total. The third kappa shape index (κ3) is 4.43. The van der Waals surface area contributed by atoms with E-state index >= 15 is 0 Å². The van der Waals surface area contributed by atoms with Crippen molar-refractivity contribution in [1.82, 2.24) is 15.1 Å². The second kappa shape index (κ2) is 8.06. The molecule has 0 bridgehead atoms. The molecule has 6 nitrogen and oxygen atoms in total. The molecular formula is C18H32N4O2. The maximum atomic E-state index is 9.25. The first kappa shape index (κ1) is 18.0. The number of hydrogen-bond donors (Lipinski definition) is 3. The molecule has 1 atom stereocenters. The molecule has 1 saturated carbocycles. The summed E-state index contributed by atoms with van der Waals surface area (Å²) in [6.07, 6.45) is 7.39. The fourth-order valence-electron chi connectivity index (χ4n) is 4.15. The molecule has 1 saturated heterocycles. The lowest BCUT2D eigenvalue weighted by molar-refractivity contribution is -0.164. The quantitative estimate of drug-likeness (QED) is 0.567. The lowest BCUT2D eigenvalue weighted by Gasteiger charge is -2.33. The highest BCUT2D eigenvalue weighted by Crippen LogP contribution is 2.59. The predicted molar refractivity (Wildman–Crippen MR) is 95.7 cm³/mol. The molecule has 0 aromatic heterocycles. The molecule has 24 heavy (non-hydrogen) atoms. The number of likely N-dealkylation sites (tertiary alicyclic amines) is 1. The molecule has 1 aliphatic carbocycles. The summed E-state index contributed by atoms with van der Waals surface area (Å²) in [4.78, 5) is 8.46. The summed E-state index contributed by atoms with van der Waals surface area (Å²) in [5.74, 6) is 0.759. The van der Waals surface area contributed by atoms with Crippen molar-refractivity contribution in [2.75, 3.05) is 45.9 Å². The SMILES string of the molecule is CCN(CNCC1CC12CCN(C(O)O)CC2)CC1=CC=NCC1. The fraction of sp³-hybridized carbons (Fsp3) is 0.833. The molecule has 6 heteroatoms. The van der Waals surface area contributed by atoms with E-state index in [-0.39, 0.29) is 0 Å². The molecular weight excluding hydrogens is 304 g/mol. The third-order valence-corrected chi connectivity index (χ3v) is 6.06. The van der Waals surface area contributed by atoms with Gasteiger partial charge in [0.25, 0.3) is 0 Å². The van der Waals surface area contributed by atoms with Crippen LogP contribution in [0.1, 0.15) is 32.6 Å². The number of aliphatic imine (C=N–C) groups is 1. The Bertz CT molecular complexity index is 470. The van der Waals surface area contributed by atoms with Gasteiger partial charge < -0.3 is 15.5 Å². The normalized spacial score (nSPS) is 26.4. The summed E-state index contributed by atoms with van der Waals surface area (Å²) < 4.78 is 0. The smallest absolute Gasteiger partial charge is 0.213 e. The van der Waals surface area contributed by atoms with Gasteiger partial charge in [0.05, 0.1) is 0 Å². The lowest BCUT2D eigenvalue weighted by Crippen LogP contribution is -2.42. The molecule has 0 radical (unpaired) electrons. The molecule has 0 amide bonds. The Labute approximate surface area is 145 Å². The highest BCUT2D eigenvalue weighted by molar-refractivity contribution is 5.73. The van der Waals surface area contributed by atoms with Crippen LogP contribution < -0.4 is 5.32 Å². The maximum Gasteiger partial charge on any atom is 0.213 e. The second-order valence-corrected chi connectivity index (χ2v) is 7.53. The fourth-order valence-corrected chi connectivity index (χ4v) is 4.15. The molecule has 2 heterocycles. The van der Waals surface area contributed by atoms with Crippen LogP contribution in [0.2, 0.25) is 0 Å². The van der Waals surface area contributed by atoms with E-state index in [1.54, 1.807) is 4.90 Å². The first-order valence-electron chi connectivity index (χ1n) is 9.34. The Kier molecular flexibility index (Phi) is 6.05. The highest BCUT2D eigenvalue weighted by Gasteiger charge is 2.54. The minimum Gasteiger partial charge on any atom is -0.356 e. The summed E-state index contributed by atoms with van der Waals surface area (Å²) in [7, 11) is 0. The van der Waals surface area contributed by atoms with Gasteiger partial charge in [-0.15, -0.1) is 0 Å². The van der Waals surface area contributed by atoms with Crippen molar-refractivity contribution in [3.05, 3.63) is 11.6 Å². The lowest BCUT2D eigenvalue weighted by atomic mass is 9.91. The zero-order valence-electron chi connectivity index (χ0n) is 14.8. The number of nitrogens with zero attached hydrogens (tertiary/aromatic N) is 3. The zero-order chi connectivity index (χ0) is 17.0. The van der Waals surface area contributed by atoms with Crippen molar-refractivity contribution in [1.29, 1.82) is 0 Å². The molecule has 2 aliphatic heterocycles. The van der Waals surface area contributed by atoms with Crippen molar-refractivity contribution in [2.24, 2.45) is 16.3 Å². The van der Waals surface area contributed by atoms with Crippen LogP contribution in [-0.2, 0) is 0 Å². The van der Waals surface area contributed by atoms with Gasteiger partial charge in [-0.05, 0) is 56.2 Å². The minimum atomic E-state index is -1.28. The summed E-state index contributed by atoms with van der Waals surface area (Å²) in [6.45, 7) is 8.89. The van der Waals surface area contributed by atoms with Crippen LogP contribution in [0, 0.1) is 11.3 Å². The van der Waals surface area contributed by atoms with Crippen LogP contribution in [-0.4, -0.2) is 78.6 Å². The molecule has 3 rings (SSSR count). The molecule has 3 aliphatic rings. The van der Waals surface area contributed by atoms with E-state index < -0.39 is 6.41 Å². The number of piperidine rings is 1. The number of nitrogens with one attached hydrogen (secondary N) is 1. The number of dihydropyridines is 1. The highest BCUT2D eigenvalue weighted by atomic mass is 16.5. The van der Waals surface area contributed by atoms with E-state index in [1.807, 2.05) is 6.21 Å². The Morgan fingerprint density at radius 3 is 2.83 bits per heavy atom. The number of aliphatic hydroxyl groups is 2. The number of rotatable bonds is 8. The van der Waals surface area contributed by atoms with Gasteiger partial charge >= 0.3 is 0 Å². The van der Waals surface area contributed by atoms with Gasteiger partial charge in [-0.25, -0.2) is 0 Å². The monoisotopic (exact) mass is 336 g/mol. The van der Waals surface area contributed by atoms with Gasteiger partial charge in [0, 0.05) is 39.1 Å². The largest absolute Gasteiger partial charge is 0.356 e. The molecule has 0 aromatic rings. The summed E-state index contributed by atoms with van der Waals surface area (Å²) in [6, 6.07) is 0. The molecule has 136 valence electrons. The topological polar surface area (TPSA) is 71.3 Å². The van der Waals surface area contributed by atoms with Crippen molar-refractivity contribution in [3.63, 3.8) is 0 Å². The summed E-state index contributed by atoms with van der Waals surface area (Å²) in [5.41, 5.74) is 1.95. The average Bonchev–Trinajstić information content (AvgIpc) is 3.27. The first-order valence-corrected chi connectivity index (χ1v) is 9.34. The van der Waals surface area contributed by atoms with Crippen LogP contribution in [0.15, 0.2) is 16.6 Å². The van der Waals surface area contributed by atoms with E-state index in [0.29, 0.717) is 5.41 Å². The van der Waals surface area contributed by atoms with Crippen LogP contribution in [0.5, 0.6) is 0 Å². The van der Waals surface area contributed by atoms with Gasteiger partial charge in [-0.2, -0.15) is 0 Å². The summed E-state index contributed by atoms with van der Waals surface area (Å²) in [5, 5.41) is 22.1. The predicted octanol–water partition coefficient (Wildman–Crippen LogP) is 0.627. The van der Waals surface area contributed by atoms with E-state index in [1.165, 1.54) is 12.0 Å². The van der Waals surface area contributed by atoms with Crippen LogP contribution in [0.4, 0.5) is 0 Å². The number of likely N-dealkylation sites (N-methyl/N-ethyl adjacent to an activating group) is 1.